The van der Waals surface area contributed by atoms with Crippen LogP contribution in [0.3, 0.4) is 0 Å². The molecular weight excluding hydrogens is 425 g/mol. The maximum Gasteiger partial charge on any atom is 0.0813 e. The normalized spacial score (nSPS) is 13.2. The van der Waals surface area contributed by atoms with Gasteiger partial charge in [-0.05, 0) is 64.2 Å². The van der Waals surface area contributed by atoms with Crippen LogP contribution in [0, 0.1) is 0 Å². The summed E-state index contributed by atoms with van der Waals surface area (Å²) in [7, 11) is 0. The number of nitrogens with one attached hydrogen (secondary N) is 1. The van der Waals surface area contributed by atoms with Gasteiger partial charge in [0.15, 0.2) is 0 Å². The van der Waals surface area contributed by atoms with Gasteiger partial charge in [0.1, 0.15) is 0 Å². The number of aryl methyl sites for hydroxylation is 1. The molecule has 4 heteroatoms. The summed E-state index contributed by atoms with van der Waals surface area (Å²) in [5, 5.41) is 18.0. The van der Waals surface area contributed by atoms with Gasteiger partial charge in [0, 0.05) is 12.1 Å². The molecule has 4 aromatic carbocycles. The molecule has 0 aliphatic carbocycles. The second-order valence-electron chi connectivity index (χ2n) is 7.78. The third-order valence-corrected chi connectivity index (χ3v) is 6.41. The summed E-state index contributed by atoms with van der Waals surface area (Å²) in [6.07, 6.45) is 0.856. The second-order valence-corrected chi connectivity index (χ2v) is 8.59. The van der Waals surface area contributed by atoms with Gasteiger partial charge in [-0.1, -0.05) is 84.7 Å². The predicted molar refractivity (Wildman–Crippen MR) is 132 cm³/mol. The number of aliphatic hydroxyl groups is 1. The minimum atomic E-state index is -0.633. The summed E-state index contributed by atoms with van der Waals surface area (Å²) >= 11 is 12.4. The predicted octanol–water partition coefficient (Wildman–Crippen LogP) is 7.99. The summed E-state index contributed by atoms with van der Waals surface area (Å²) in [5.41, 5.74) is 4.16. The van der Waals surface area contributed by atoms with E-state index < -0.39 is 6.10 Å². The smallest absolute Gasteiger partial charge is 0.0813 e. The number of rotatable bonds is 7. The maximum atomic E-state index is 11.1. The van der Waals surface area contributed by atoms with Gasteiger partial charge in [-0.15, -0.1) is 0 Å². The van der Waals surface area contributed by atoms with Crippen LogP contribution >= 0.6 is 23.2 Å². The Labute approximate surface area is 193 Å². The van der Waals surface area contributed by atoms with E-state index >= 15 is 0 Å². The van der Waals surface area contributed by atoms with Crippen molar-refractivity contribution < 1.29 is 5.11 Å². The van der Waals surface area contributed by atoms with Crippen molar-refractivity contribution in [3.63, 3.8) is 0 Å². The van der Waals surface area contributed by atoms with Gasteiger partial charge in [0.25, 0.3) is 0 Å². The molecule has 0 radical (unpaired) electrons. The maximum absolute atomic E-state index is 11.1. The Bertz CT molecular complexity index is 1170. The Balaban J connectivity index is 1.62. The van der Waals surface area contributed by atoms with Gasteiger partial charge in [0.2, 0.25) is 0 Å². The molecule has 0 saturated heterocycles. The van der Waals surface area contributed by atoms with E-state index in [0.717, 1.165) is 34.0 Å². The van der Waals surface area contributed by atoms with Gasteiger partial charge in [-0.2, -0.15) is 0 Å². The largest absolute Gasteiger partial charge is 0.388 e. The topological polar surface area (TPSA) is 32.3 Å². The van der Waals surface area contributed by atoms with Crippen LogP contribution in [0.15, 0.2) is 84.9 Å². The molecule has 4 aromatic rings. The number of hydrogen-bond acceptors (Lipinski definition) is 2. The third kappa shape index (κ3) is 5.22. The van der Waals surface area contributed by atoms with E-state index in [-0.39, 0.29) is 6.04 Å². The number of aliphatic hydroxyl groups excluding tert-OH is 1. The fraction of sp³-hybridized carbons (Fsp3) is 0.185. The number of fused-ring (bicyclic) bond motifs is 1. The van der Waals surface area contributed by atoms with Crippen molar-refractivity contribution >= 4 is 39.7 Å². The van der Waals surface area contributed by atoms with Crippen LogP contribution in [-0.2, 0) is 6.42 Å². The van der Waals surface area contributed by atoms with Gasteiger partial charge in [-0.25, -0.2) is 0 Å². The van der Waals surface area contributed by atoms with Crippen LogP contribution in [0.4, 0.5) is 5.69 Å². The zero-order valence-electron chi connectivity index (χ0n) is 17.4. The first-order valence-corrected chi connectivity index (χ1v) is 11.3. The molecule has 31 heavy (non-hydrogen) atoms. The molecule has 0 aromatic heterocycles. The Morgan fingerprint density at radius 3 is 2.19 bits per heavy atom. The fourth-order valence-corrected chi connectivity index (χ4v) is 4.13. The lowest BCUT2D eigenvalue weighted by Crippen LogP contribution is -2.15. The molecule has 0 saturated carbocycles. The van der Waals surface area contributed by atoms with Gasteiger partial charge in [0.05, 0.1) is 22.2 Å². The van der Waals surface area contributed by atoms with Crippen LogP contribution < -0.4 is 5.32 Å². The molecule has 2 atom stereocenters. The zero-order chi connectivity index (χ0) is 21.8. The van der Waals surface area contributed by atoms with Crippen molar-refractivity contribution in [1.82, 2.24) is 0 Å². The number of hydrogen-bond donors (Lipinski definition) is 2. The first kappa shape index (κ1) is 21.7. The van der Waals surface area contributed by atoms with Crippen LogP contribution in [0.25, 0.3) is 10.8 Å². The molecule has 158 valence electrons. The average Bonchev–Trinajstić information content (AvgIpc) is 2.80. The molecule has 0 aliphatic heterocycles. The number of benzene rings is 4. The molecule has 2 unspecified atom stereocenters. The van der Waals surface area contributed by atoms with Crippen molar-refractivity contribution in [1.29, 1.82) is 0 Å². The molecule has 2 nitrogen and oxygen atoms in total. The first-order valence-electron chi connectivity index (χ1n) is 10.5. The van der Waals surface area contributed by atoms with Gasteiger partial charge < -0.3 is 10.4 Å². The molecular formula is C27H25Cl2NO. The van der Waals surface area contributed by atoms with Crippen LogP contribution in [-0.4, -0.2) is 5.11 Å². The Morgan fingerprint density at radius 1 is 0.774 bits per heavy atom. The van der Waals surface area contributed by atoms with E-state index in [9.17, 15) is 5.11 Å². The van der Waals surface area contributed by atoms with Crippen molar-refractivity contribution in [3.8, 4) is 0 Å². The monoisotopic (exact) mass is 449 g/mol. The van der Waals surface area contributed by atoms with E-state index in [1.807, 2.05) is 30.3 Å². The van der Waals surface area contributed by atoms with E-state index in [4.69, 9.17) is 23.2 Å². The highest BCUT2D eigenvalue weighted by molar-refractivity contribution is 6.42. The molecule has 0 spiro atoms. The van der Waals surface area contributed by atoms with Crippen molar-refractivity contribution in [2.45, 2.75) is 31.9 Å². The molecule has 4 rings (SSSR count). The number of halogens is 2. The lowest BCUT2D eigenvalue weighted by molar-refractivity contribution is 0.161. The lowest BCUT2D eigenvalue weighted by atomic mass is 9.95. The Morgan fingerprint density at radius 2 is 1.48 bits per heavy atom. The molecule has 0 amide bonds. The molecule has 0 aliphatic rings. The molecule has 0 bridgehead atoms. The molecule has 0 fully saturated rings. The summed E-state index contributed by atoms with van der Waals surface area (Å²) in [5.74, 6) is 0. The SMILES string of the molecule is CCc1ccc(NC(CC(O)c2ccc3ccccc3c2)c2ccc(Cl)c(Cl)c2)cc1. The van der Waals surface area contributed by atoms with Crippen molar-refractivity contribution in [3.05, 3.63) is 112 Å². The highest BCUT2D eigenvalue weighted by Crippen LogP contribution is 2.34. The summed E-state index contributed by atoms with van der Waals surface area (Å²) in [6.45, 7) is 2.14. The van der Waals surface area contributed by atoms with Crippen LogP contribution in [0.5, 0.6) is 0 Å². The summed E-state index contributed by atoms with van der Waals surface area (Å²) in [4.78, 5) is 0. The summed E-state index contributed by atoms with van der Waals surface area (Å²) < 4.78 is 0. The summed E-state index contributed by atoms with van der Waals surface area (Å²) in [6, 6.07) is 28.2. The molecule has 0 heterocycles. The minimum absolute atomic E-state index is 0.135. The van der Waals surface area contributed by atoms with Crippen molar-refractivity contribution in [2.75, 3.05) is 5.32 Å². The highest BCUT2D eigenvalue weighted by atomic mass is 35.5. The van der Waals surface area contributed by atoms with E-state index in [1.165, 1.54) is 5.56 Å². The minimum Gasteiger partial charge on any atom is -0.388 e. The number of anilines is 1. The van der Waals surface area contributed by atoms with Crippen LogP contribution in [0.2, 0.25) is 10.0 Å². The van der Waals surface area contributed by atoms with E-state index in [0.29, 0.717) is 16.5 Å². The standard InChI is InChI=1S/C27H25Cl2NO/c1-2-18-7-12-23(13-8-18)30-26(21-11-14-24(28)25(29)16-21)17-27(31)22-10-9-19-5-3-4-6-20(19)15-22/h3-16,26-27,30-31H,2,17H2,1H3. The van der Waals surface area contributed by atoms with Gasteiger partial charge >= 0.3 is 0 Å². The van der Waals surface area contributed by atoms with E-state index in [2.05, 4.69) is 60.8 Å². The zero-order valence-corrected chi connectivity index (χ0v) is 18.9. The third-order valence-electron chi connectivity index (χ3n) is 5.67. The highest BCUT2D eigenvalue weighted by Gasteiger charge is 2.19. The first-order chi connectivity index (χ1) is 15.0. The lowest BCUT2D eigenvalue weighted by Gasteiger charge is -2.24. The Kier molecular flexibility index (Phi) is 6.82. The van der Waals surface area contributed by atoms with E-state index in [1.54, 1.807) is 6.07 Å². The van der Waals surface area contributed by atoms with Crippen molar-refractivity contribution in [2.24, 2.45) is 0 Å². The molecule has 2 N–H and O–H groups in total. The van der Waals surface area contributed by atoms with Crippen LogP contribution in [0.1, 0.15) is 42.2 Å². The average molecular weight is 450 g/mol. The Hall–Kier alpha value is -2.52. The second kappa shape index (κ2) is 9.74. The van der Waals surface area contributed by atoms with Gasteiger partial charge in [-0.3, -0.25) is 0 Å². The fourth-order valence-electron chi connectivity index (χ4n) is 3.82. The quantitative estimate of drug-likeness (QED) is 0.299.